The molecule has 0 atom stereocenters. The van der Waals surface area contributed by atoms with Crippen molar-refractivity contribution < 1.29 is 9.53 Å². The summed E-state index contributed by atoms with van der Waals surface area (Å²) in [4.78, 5) is 0. The average molecular weight is 387 g/mol. The summed E-state index contributed by atoms with van der Waals surface area (Å²) < 4.78 is 6.59. The average Bonchev–Trinajstić information content (AvgIpc) is 2.58. The van der Waals surface area contributed by atoms with Crippen molar-refractivity contribution in [1.82, 2.24) is 0 Å². The number of rotatable bonds is 10. The van der Waals surface area contributed by atoms with E-state index >= 15 is 0 Å². The molecule has 0 radical (unpaired) electrons. The molecule has 0 aliphatic carbocycles. The second-order valence-corrected chi connectivity index (χ2v) is 12.9. The van der Waals surface area contributed by atoms with Crippen molar-refractivity contribution >= 4 is 14.4 Å². The lowest BCUT2D eigenvalue weighted by atomic mass is 10.1. The Labute approximate surface area is 167 Å². The third kappa shape index (κ3) is 7.51. The minimum atomic E-state index is -2.12. The Morgan fingerprint density at radius 2 is 1.67 bits per heavy atom. The molecule has 0 amide bonds. The third-order valence-electron chi connectivity index (χ3n) is 5.12. The Morgan fingerprint density at radius 1 is 1.04 bits per heavy atom. The number of aromatic hydroxyl groups is 1. The van der Waals surface area contributed by atoms with E-state index in [9.17, 15) is 5.11 Å². The highest BCUT2D eigenvalue weighted by Gasteiger charge is 2.39. The molecule has 0 heterocycles. The lowest BCUT2D eigenvalue weighted by molar-refractivity contribution is 0.334. The predicted molar refractivity (Wildman–Crippen MR) is 121 cm³/mol. The molecule has 0 saturated carbocycles. The van der Waals surface area contributed by atoms with Crippen LogP contribution in [0, 0.1) is 0 Å². The quantitative estimate of drug-likeness (QED) is 0.335. The molecule has 1 N–H and O–H groups in total. The number of hydrogen-bond acceptors (Lipinski definition) is 2. The zero-order valence-electron chi connectivity index (χ0n) is 18.3. The zero-order valence-corrected chi connectivity index (χ0v) is 19.3. The van der Waals surface area contributed by atoms with Crippen LogP contribution in [-0.4, -0.2) is 20.0 Å². The van der Waals surface area contributed by atoms with Gasteiger partial charge >= 0.3 is 0 Å². The first kappa shape index (κ1) is 23.5. The summed E-state index contributed by atoms with van der Waals surface area (Å²) in [6, 6.07) is 7.47. The lowest BCUT2D eigenvalue weighted by Gasteiger charge is -2.35. The summed E-state index contributed by atoms with van der Waals surface area (Å²) in [6.07, 6.45) is 8.75. The molecule has 2 nitrogen and oxygen atoms in total. The molecule has 0 fully saturated rings. The molecule has 1 aromatic carbocycles. The summed E-state index contributed by atoms with van der Waals surface area (Å²) in [7, 11) is -2.12. The SMILES string of the molecule is CC(C)=CCC/C(C)=C/CO[Si](/C=C/c1ccccc1O)(C(C)C)C(C)C. The molecular formula is C24H38O2Si. The summed E-state index contributed by atoms with van der Waals surface area (Å²) in [5.41, 5.74) is 6.79. The van der Waals surface area contributed by atoms with E-state index in [-0.39, 0.29) is 0 Å². The number of para-hydroxylation sites is 1. The topological polar surface area (TPSA) is 29.5 Å². The van der Waals surface area contributed by atoms with Gasteiger partial charge in [-0.1, -0.05) is 81.0 Å². The minimum Gasteiger partial charge on any atom is -0.507 e. The van der Waals surface area contributed by atoms with Gasteiger partial charge in [0.05, 0.1) is 6.61 Å². The van der Waals surface area contributed by atoms with Crippen molar-refractivity contribution in [2.75, 3.05) is 6.61 Å². The van der Waals surface area contributed by atoms with Crippen molar-refractivity contribution in [3.05, 3.63) is 58.8 Å². The van der Waals surface area contributed by atoms with E-state index in [4.69, 9.17) is 4.43 Å². The van der Waals surface area contributed by atoms with Crippen molar-refractivity contribution in [2.24, 2.45) is 0 Å². The number of benzene rings is 1. The fourth-order valence-corrected chi connectivity index (χ4v) is 6.98. The van der Waals surface area contributed by atoms with Crippen LogP contribution in [-0.2, 0) is 4.43 Å². The Balaban J connectivity index is 2.91. The fraction of sp³-hybridized carbons (Fsp3) is 0.500. The van der Waals surface area contributed by atoms with E-state index < -0.39 is 8.32 Å². The molecule has 27 heavy (non-hydrogen) atoms. The first-order valence-electron chi connectivity index (χ1n) is 10.1. The van der Waals surface area contributed by atoms with Gasteiger partial charge in [-0.25, -0.2) is 0 Å². The van der Waals surface area contributed by atoms with Crippen LogP contribution in [0.3, 0.4) is 0 Å². The molecule has 0 spiro atoms. The number of allylic oxidation sites excluding steroid dienone is 3. The van der Waals surface area contributed by atoms with E-state index in [1.54, 1.807) is 6.07 Å². The van der Waals surface area contributed by atoms with E-state index in [2.05, 4.69) is 66.3 Å². The first-order valence-corrected chi connectivity index (χ1v) is 12.2. The van der Waals surface area contributed by atoms with E-state index in [1.165, 1.54) is 11.1 Å². The lowest BCUT2D eigenvalue weighted by Crippen LogP contribution is -2.43. The molecule has 150 valence electrons. The maximum absolute atomic E-state index is 10.1. The fourth-order valence-electron chi connectivity index (χ4n) is 3.30. The maximum atomic E-state index is 10.1. The van der Waals surface area contributed by atoms with Crippen molar-refractivity contribution in [3.8, 4) is 5.75 Å². The standard InChI is InChI=1S/C24H38O2Si/c1-19(2)11-10-12-22(7)15-17-26-27(20(3)4,21(5)6)18-16-23-13-8-9-14-24(23)25/h8-9,11,13-16,18,20-21,25H,10,12,17H2,1-7H3/b18-16+,22-15+. The van der Waals surface area contributed by atoms with Gasteiger partial charge in [0.2, 0.25) is 8.32 Å². The van der Waals surface area contributed by atoms with Crippen LogP contribution >= 0.6 is 0 Å². The predicted octanol–water partition coefficient (Wildman–Crippen LogP) is 7.42. The van der Waals surface area contributed by atoms with Crippen LogP contribution in [0.1, 0.15) is 66.9 Å². The Kier molecular flexibility index (Phi) is 9.82. The van der Waals surface area contributed by atoms with Gasteiger partial charge in [0, 0.05) is 5.56 Å². The monoisotopic (exact) mass is 386 g/mol. The van der Waals surface area contributed by atoms with Gasteiger partial charge in [-0.2, -0.15) is 0 Å². The second kappa shape index (κ2) is 11.3. The molecule has 1 rings (SSSR count). The van der Waals surface area contributed by atoms with Crippen molar-refractivity contribution in [3.63, 3.8) is 0 Å². The smallest absolute Gasteiger partial charge is 0.222 e. The molecule has 0 saturated heterocycles. The molecule has 0 aliphatic heterocycles. The highest BCUT2D eigenvalue weighted by Crippen LogP contribution is 2.35. The van der Waals surface area contributed by atoms with Crippen molar-refractivity contribution in [1.29, 1.82) is 0 Å². The molecular weight excluding hydrogens is 348 g/mol. The minimum absolute atomic E-state index is 0.319. The van der Waals surface area contributed by atoms with Gasteiger partial charge in [-0.15, -0.1) is 0 Å². The number of hydrogen-bond donors (Lipinski definition) is 1. The highest BCUT2D eigenvalue weighted by molar-refractivity contribution is 6.81. The van der Waals surface area contributed by atoms with Crippen LogP contribution in [0.15, 0.2) is 53.3 Å². The second-order valence-electron chi connectivity index (χ2n) is 8.24. The zero-order chi connectivity index (χ0) is 20.4. The molecule has 3 heteroatoms. The van der Waals surface area contributed by atoms with E-state index in [0.29, 0.717) is 23.4 Å². The Morgan fingerprint density at radius 3 is 2.22 bits per heavy atom. The van der Waals surface area contributed by atoms with Crippen LogP contribution in [0.25, 0.3) is 6.08 Å². The highest BCUT2D eigenvalue weighted by atomic mass is 28.4. The van der Waals surface area contributed by atoms with Crippen molar-refractivity contribution in [2.45, 2.75) is 72.4 Å². The first-order chi connectivity index (χ1) is 12.7. The van der Waals surface area contributed by atoms with Crippen LogP contribution in [0.4, 0.5) is 0 Å². The van der Waals surface area contributed by atoms with Gasteiger partial charge in [0.15, 0.2) is 0 Å². The molecule has 0 aliphatic rings. The van der Waals surface area contributed by atoms with Crippen LogP contribution in [0.2, 0.25) is 11.1 Å². The summed E-state index contributed by atoms with van der Waals surface area (Å²) >= 11 is 0. The summed E-state index contributed by atoms with van der Waals surface area (Å²) in [6.45, 7) is 16.2. The van der Waals surface area contributed by atoms with Gasteiger partial charge in [0.1, 0.15) is 5.75 Å². The van der Waals surface area contributed by atoms with E-state index in [1.807, 2.05) is 24.3 Å². The Hall–Kier alpha value is -1.58. The summed E-state index contributed by atoms with van der Waals surface area (Å²) in [5.74, 6) is 0.319. The van der Waals surface area contributed by atoms with Gasteiger partial charge in [0.25, 0.3) is 0 Å². The molecule has 0 unspecified atom stereocenters. The summed E-state index contributed by atoms with van der Waals surface area (Å²) in [5, 5.41) is 10.1. The third-order valence-corrected chi connectivity index (χ3v) is 10.1. The molecule has 0 aromatic heterocycles. The Bertz CT molecular complexity index is 657. The van der Waals surface area contributed by atoms with Gasteiger partial charge in [-0.3, -0.25) is 0 Å². The number of phenols is 1. The maximum Gasteiger partial charge on any atom is 0.222 e. The van der Waals surface area contributed by atoms with Gasteiger partial charge in [-0.05, 0) is 50.8 Å². The molecule has 0 bridgehead atoms. The van der Waals surface area contributed by atoms with Crippen LogP contribution < -0.4 is 0 Å². The normalized spacial score (nSPS) is 13.0. The number of phenolic OH excluding ortho intramolecular Hbond substituents is 1. The largest absolute Gasteiger partial charge is 0.507 e. The molecule has 1 aromatic rings. The van der Waals surface area contributed by atoms with E-state index in [0.717, 1.165) is 18.4 Å². The van der Waals surface area contributed by atoms with Gasteiger partial charge < -0.3 is 9.53 Å². The van der Waals surface area contributed by atoms with Crippen LogP contribution in [0.5, 0.6) is 5.75 Å².